The zero-order valence-corrected chi connectivity index (χ0v) is 20.2. The second-order valence-corrected chi connectivity index (χ2v) is 9.73. The maximum atomic E-state index is 12.5. The van der Waals surface area contributed by atoms with Crippen LogP contribution in [0.5, 0.6) is 0 Å². The molecule has 2 amide bonds. The molecule has 1 saturated carbocycles. The van der Waals surface area contributed by atoms with Gasteiger partial charge in [-0.3, -0.25) is 9.59 Å². The summed E-state index contributed by atoms with van der Waals surface area (Å²) >= 11 is 0. The lowest BCUT2D eigenvalue weighted by Gasteiger charge is -2.23. The number of alkyl carbamates (subject to hydrolysis) is 1. The van der Waals surface area contributed by atoms with Crippen LogP contribution in [0, 0.1) is 5.92 Å². The van der Waals surface area contributed by atoms with Gasteiger partial charge in [0.2, 0.25) is 5.91 Å². The van der Waals surface area contributed by atoms with Crippen LogP contribution in [-0.2, 0) is 14.3 Å². The summed E-state index contributed by atoms with van der Waals surface area (Å²) in [5.74, 6) is -0.848. The zero-order valence-electron chi connectivity index (χ0n) is 20.2. The Morgan fingerprint density at radius 1 is 0.971 bits per heavy atom. The summed E-state index contributed by atoms with van der Waals surface area (Å²) in [6, 6.07) is 15.8. The molecular formula is C28H34N2O5. The average Bonchev–Trinajstić information content (AvgIpc) is 3.48. The molecule has 0 aliphatic heterocycles. The monoisotopic (exact) mass is 478 g/mol. The largest absolute Gasteiger partial charge is 0.481 e. The van der Waals surface area contributed by atoms with Crippen LogP contribution in [0.3, 0.4) is 0 Å². The number of nitrogens with one attached hydrogen (secondary N) is 2. The number of carboxylic acid groups (broad SMARTS) is 1. The maximum Gasteiger partial charge on any atom is 0.407 e. The van der Waals surface area contributed by atoms with Gasteiger partial charge in [0.05, 0.1) is 6.42 Å². The molecule has 7 nitrogen and oxygen atoms in total. The summed E-state index contributed by atoms with van der Waals surface area (Å²) in [6.07, 6.45) is 4.18. The molecule has 186 valence electrons. The van der Waals surface area contributed by atoms with Crippen molar-refractivity contribution in [1.29, 1.82) is 0 Å². The number of benzene rings is 2. The lowest BCUT2D eigenvalue weighted by atomic mass is 9.95. The lowest BCUT2D eigenvalue weighted by molar-refractivity contribution is -0.138. The van der Waals surface area contributed by atoms with Gasteiger partial charge in [-0.25, -0.2) is 4.79 Å². The predicted octanol–water partition coefficient (Wildman–Crippen LogP) is 4.84. The average molecular weight is 479 g/mol. The van der Waals surface area contributed by atoms with Gasteiger partial charge >= 0.3 is 12.1 Å². The minimum absolute atomic E-state index is 0.00371. The van der Waals surface area contributed by atoms with E-state index >= 15 is 0 Å². The Kier molecular flexibility index (Phi) is 8.06. The van der Waals surface area contributed by atoms with Crippen LogP contribution in [0.15, 0.2) is 48.5 Å². The van der Waals surface area contributed by atoms with Gasteiger partial charge in [-0.05, 0) is 54.4 Å². The number of amides is 2. The first-order chi connectivity index (χ1) is 16.9. The van der Waals surface area contributed by atoms with E-state index in [-0.39, 0.29) is 49.3 Å². The second-order valence-electron chi connectivity index (χ2n) is 9.73. The molecule has 2 aromatic rings. The van der Waals surface area contributed by atoms with Crippen LogP contribution in [0.2, 0.25) is 0 Å². The third-order valence-electron chi connectivity index (χ3n) is 7.22. The van der Waals surface area contributed by atoms with Gasteiger partial charge in [-0.2, -0.15) is 0 Å². The standard InChI is InChI=1S/C28H34N2O5/c1-18(14-15-26(31)30-25(16-27(32)33)19-8-2-3-9-19)29-28(34)35-17-24-22-12-6-4-10-20(22)21-11-5-7-13-23(21)24/h4-7,10-13,18-19,24-25H,2-3,8-9,14-17H2,1H3,(H,29,34)(H,30,31)(H,32,33). The molecule has 35 heavy (non-hydrogen) atoms. The summed E-state index contributed by atoms with van der Waals surface area (Å²) < 4.78 is 5.58. The highest BCUT2D eigenvalue weighted by Gasteiger charge is 2.30. The van der Waals surface area contributed by atoms with E-state index in [1.165, 1.54) is 11.1 Å². The first-order valence-electron chi connectivity index (χ1n) is 12.5. The van der Waals surface area contributed by atoms with Crippen LogP contribution < -0.4 is 10.6 Å². The topological polar surface area (TPSA) is 105 Å². The van der Waals surface area contributed by atoms with Gasteiger partial charge in [0.25, 0.3) is 0 Å². The molecule has 0 heterocycles. The Labute approximate surface area is 206 Å². The Morgan fingerprint density at radius 3 is 2.17 bits per heavy atom. The number of aliphatic carboxylic acids is 1. The van der Waals surface area contributed by atoms with E-state index in [1.807, 2.05) is 31.2 Å². The van der Waals surface area contributed by atoms with Gasteiger partial charge in [-0.1, -0.05) is 61.4 Å². The van der Waals surface area contributed by atoms with Gasteiger partial charge in [0, 0.05) is 24.4 Å². The molecule has 0 saturated heterocycles. The van der Waals surface area contributed by atoms with Crippen molar-refractivity contribution in [3.05, 3.63) is 59.7 Å². The first kappa shape index (κ1) is 24.8. The fraction of sp³-hybridized carbons (Fsp3) is 0.464. The normalized spacial score (nSPS) is 16.7. The summed E-state index contributed by atoms with van der Waals surface area (Å²) in [7, 11) is 0. The molecule has 2 aliphatic carbocycles. The SMILES string of the molecule is CC(CCC(=O)NC(CC(=O)O)C1CCCC1)NC(=O)OCC1c2ccccc2-c2ccccc21. The van der Waals surface area contributed by atoms with Crippen LogP contribution in [0.25, 0.3) is 11.1 Å². The van der Waals surface area contributed by atoms with E-state index in [0.29, 0.717) is 6.42 Å². The molecular weight excluding hydrogens is 444 g/mol. The van der Waals surface area contributed by atoms with Gasteiger partial charge < -0.3 is 20.5 Å². The predicted molar refractivity (Wildman–Crippen MR) is 133 cm³/mol. The number of hydrogen-bond acceptors (Lipinski definition) is 4. The van der Waals surface area contributed by atoms with Crippen molar-refractivity contribution >= 4 is 18.0 Å². The molecule has 1 fully saturated rings. The number of ether oxygens (including phenoxy) is 1. The van der Waals surface area contributed by atoms with Crippen LogP contribution in [-0.4, -0.2) is 41.8 Å². The Morgan fingerprint density at radius 2 is 1.57 bits per heavy atom. The minimum atomic E-state index is -0.896. The third kappa shape index (κ3) is 6.21. The molecule has 0 radical (unpaired) electrons. The van der Waals surface area contributed by atoms with Crippen molar-refractivity contribution in [1.82, 2.24) is 10.6 Å². The molecule has 2 aliphatic rings. The molecule has 0 aromatic heterocycles. The van der Waals surface area contributed by atoms with Crippen molar-refractivity contribution in [3.8, 4) is 11.1 Å². The third-order valence-corrected chi connectivity index (χ3v) is 7.22. The smallest absolute Gasteiger partial charge is 0.407 e. The summed E-state index contributed by atoms with van der Waals surface area (Å²) in [5, 5.41) is 14.9. The molecule has 7 heteroatoms. The van der Waals surface area contributed by atoms with E-state index in [4.69, 9.17) is 4.74 Å². The molecule has 0 spiro atoms. The van der Waals surface area contributed by atoms with E-state index in [9.17, 15) is 19.5 Å². The number of rotatable bonds is 10. The van der Waals surface area contributed by atoms with Crippen molar-refractivity contribution < 1.29 is 24.2 Å². The number of carbonyl (C=O) groups excluding carboxylic acids is 2. The molecule has 2 aromatic carbocycles. The quantitative estimate of drug-likeness (QED) is 0.453. The lowest BCUT2D eigenvalue weighted by Crippen LogP contribution is -2.42. The molecule has 0 bridgehead atoms. The van der Waals surface area contributed by atoms with E-state index in [1.54, 1.807) is 0 Å². The zero-order chi connectivity index (χ0) is 24.8. The highest BCUT2D eigenvalue weighted by atomic mass is 16.5. The summed E-state index contributed by atoms with van der Waals surface area (Å²) in [6.45, 7) is 2.08. The van der Waals surface area contributed by atoms with Crippen LogP contribution in [0.1, 0.15) is 68.9 Å². The van der Waals surface area contributed by atoms with Crippen molar-refractivity contribution in [3.63, 3.8) is 0 Å². The summed E-state index contributed by atoms with van der Waals surface area (Å²) in [4.78, 5) is 36.1. The van der Waals surface area contributed by atoms with Gasteiger partial charge in [0.1, 0.15) is 6.61 Å². The first-order valence-corrected chi connectivity index (χ1v) is 12.5. The number of carbonyl (C=O) groups is 3. The Balaban J connectivity index is 1.23. The van der Waals surface area contributed by atoms with Crippen LogP contribution in [0.4, 0.5) is 4.79 Å². The van der Waals surface area contributed by atoms with E-state index < -0.39 is 12.1 Å². The number of carboxylic acids is 1. The maximum absolute atomic E-state index is 12.5. The van der Waals surface area contributed by atoms with Crippen molar-refractivity contribution in [2.24, 2.45) is 5.92 Å². The number of hydrogen-bond donors (Lipinski definition) is 3. The van der Waals surface area contributed by atoms with Crippen molar-refractivity contribution in [2.75, 3.05) is 6.61 Å². The van der Waals surface area contributed by atoms with Crippen molar-refractivity contribution in [2.45, 2.75) is 69.9 Å². The molecule has 2 unspecified atom stereocenters. The van der Waals surface area contributed by atoms with Gasteiger partial charge in [-0.15, -0.1) is 0 Å². The highest BCUT2D eigenvalue weighted by Crippen LogP contribution is 2.44. The van der Waals surface area contributed by atoms with E-state index in [2.05, 4.69) is 34.9 Å². The number of fused-ring (bicyclic) bond motifs is 3. The highest BCUT2D eigenvalue weighted by molar-refractivity contribution is 5.79. The minimum Gasteiger partial charge on any atom is -0.481 e. The van der Waals surface area contributed by atoms with E-state index in [0.717, 1.165) is 36.8 Å². The molecule has 4 rings (SSSR count). The van der Waals surface area contributed by atoms with Crippen LogP contribution >= 0.6 is 0 Å². The fourth-order valence-electron chi connectivity index (χ4n) is 5.42. The second kappa shape index (κ2) is 11.4. The summed E-state index contributed by atoms with van der Waals surface area (Å²) in [5.41, 5.74) is 4.67. The molecule has 2 atom stereocenters. The Hall–Kier alpha value is -3.35. The fourth-order valence-corrected chi connectivity index (χ4v) is 5.42. The Bertz CT molecular complexity index is 1020. The van der Waals surface area contributed by atoms with Gasteiger partial charge in [0.15, 0.2) is 0 Å². The molecule has 3 N–H and O–H groups in total.